The zero-order valence-electron chi connectivity index (χ0n) is 15.8. The third-order valence-corrected chi connectivity index (χ3v) is 6.74. The first-order chi connectivity index (χ1) is 12.7. The van der Waals surface area contributed by atoms with Gasteiger partial charge in [0.15, 0.2) is 5.79 Å². The molecule has 26 heavy (non-hydrogen) atoms. The van der Waals surface area contributed by atoms with Crippen LogP contribution in [0.15, 0.2) is 0 Å². The first-order valence-electron chi connectivity index (χ1n) is 10.5. The van der Waals surface area contributed by atoms with Crippen LogP contribution in [0.2, 0.25) is 0 Å². The number of likely N-dealkylation sites (tertiary alicyclic amines) is 2. The van der Waals surface area contributed by atoms with Gasteiger partial charge in [-0.2, -0.15) is 0 Å². The highest BCUT2D eigenvalue weighted by atomic mass is 16.7. The minimum atomic E-state index is -0.421. The molecular formula is C20H32N2O4. The van der Waals surface area contributed by atoms with Crippen molar-refractivity contribution in [2.24, 2.45) is 11.8 Å². The average Bonchev–Trinajstić information content (AvgIpc) is 3.16. The van der Waals surface area contributed by atoms with Gasteiger partial charge in [0.2, 0.25) is 11.8 Å². The Balaban J connectivity index is 1.24. The monoisotopic (exact) mass is 364 g/mol. The molecule has 4 aliphatic rings. The Kier molecular flexibility index (Phi) is 5.50. The quantitative estimate of drug-likeness (QED) is 0.753. The van der Waals surface area contributed by atoms with Crippen LogP contribution < -0.4 is 0 Å². The van der Waals surface area contributed by atoms with Crippen LogP contribution in [0.1, 0.15) is 57.8 Å². The first kappa shape index (κ1) is 18.2. The molecule has 0 atom stereocenters. The van der Waals surface area contributed by atoms with E-state index in [0.717, 1.165) is 77.5 Å². The maximum absolute atomic E-state index is 12.9. The molecule has 1 saturated carbocycles. The molecule has 0 aromatic carbocycles. The van der Waals surface area contributed by atoms with Crippen molar-refractivity contribution in [3.8, 4) is 0 Å². The number of amides is 2. The lowest BCUT2D eigenvalue weighted by Gasteiger charge is -2.40. The molecule has 3 aliphatic heterocycles. The molecule has 4 rings (SSSR count). The molecule has 6 heteroatoms. The van der Waals surface area contributed by atoms with Gasteiger partial charge in [-0.05, 0) is 44.9 Å². The number of carbonyl (C=O) groups excluding carboxylic acids is 2. The van der Waals surface area contributed by atoms with E-state index < -0.39 is 5.79 Å². The van der Waals surface area contributed by atoms with Crippen LogP contribution in [0.25, 0.3) is 0 Å². The molecule has 6 nitrogen and oxygen atoms in total. The molecule has 1 spiro atoms. The van der Waals surface area contributed by atoms with E-state index in [-0.39, 0.29) is 17.7 Å². The molecular weight excluding hydrogens is 332 g/mol. The SMILES string of the molecule is O=C(C1CCC(C(=O)N2CCC3(CC2)OCCO3)CC1)N1CCCCC1. The second-order valence-corrected chi connectivity index (χ2v) is 8.37. The van der Waals surface area contributed by atoms with Crippen molar-refractivity contribution in [1.82, 2.24) is 9.80 Å². The molecule has 0 N–H and O–H groups in total. The Morgan fingerprint density at radius 3 is 1.65 bits per heavy atom. The topological polar surface area (TPSA) is 59.1 Å². The van der Waals surface area contributed by atoms with Gasteiger partial charge < -0.3 is 19.3 Å². The Morgan fingerprint density at radius 2 is 1.15 bits per heavy atom. The fraction of sp³-hybridized carbons (Fsp3) is 0.900. The van der Waals surface area contributed by atoms with Gasteiger partial charge in [-0.3, -0.25) is 9.59 Å². The van der Waals surface area contributed by atoms with E-state index in [1.165, 1.54) is 6.42 Å². The van der Waals surface area contributed by atoms with Gasteiger partial charge in [0.1, 0.15) is 0 Å². The third-order valence-electron chi connectivity index (χ3n) is 6.74. The molecule has 0 radical (unpaired) electrons. The number of hydrogen-bond donors (Lipinski definition) is 0. The van der Waals surface area contributed by atoms with E-state index in [0.29, 0.717) is 19.1 Å². The average molecular weight is 364 g/mol. The predicted octanol–water partition coefficient (Wildman–Crippen LogP) is 2.17. The normalized spacial score (nSPS) is 32.0. The summed E-state index contributed by atoms with van der Waals surface area (Å²) in [7, 11) is 0. The molecule has 0 aromatic heterocycles. The van der Waals surface area contributed by atoms with Crippen molar-refractivity contribution < 1.29 is 19.1 Å². The van der Waals surface area contributed by atoms with Crippen molar-refractivity contribution in [2.45, 2.75) is 63.6 Å². The van der Waals surface area contributed by atoms with Crippen molar-refractivity contribution in [1.29, 1.82) is 0 Å². The van der Waals surface area contributed by atoms with Crippen LogP contribution in [-0.2, 0) is 19.1 Å². The van der Waals surface area contributed by atoms with Gasteiger partial charge in [-0.15, -0.1) is 0 Å². The van der Waals surface area contributed by atoms with Crippen molar-refractivity contribution in [3.63, 3.8) is 0 Å². The Morgan fingerprint density at radius 1 is 0.692 bits per heavy atom. The summed E-state index contributed by atoms with van der Waals surface area (Å²) in [6, 6.07) is 0. The number of hydrogen-bond acceptors (Lipinski definition) is 4. The van der Waals surface area contributed by atoms with Crippen molar-refractivity contribution in [3.05, 3.63) is 0 Å². The van der Waals surface area contributed by atoms with Crippen molar-refractivity contribution in [2.75, 3.05) is 39.4 Å². The second kappa shape index (κ2) is 7.85. The molecule has 3 saturated heterocycles. The predicted molar refractivity (Wildman–Crippen MR) is 96.3 cm³/mol. The summed E-state index contributed by atoms with van der Waals surface area (Å²) < 4.78 is 11.5. The van der Waals surface area contributed by atoms with E-state index >= 15 is 0 Å². The van der Waals surface area contributed by atoms with Crippen LogP contribution in [0.4, 0.5) is 0 Å². The largest absolute Gasteiger partial charge is 0.347 e. The number of rotatable bonds is 2. The lowest BCUT2D eigenvalue weighted by Crippen LogP contribution is -2.49. The van der Waals surface area contributed by atoms with Gasteiger partial charge in [-0.25, -0.2) is 0 Å². The van der Waals surface area contributed by atoms with Gasteiger partial charge in [0, 0.05) is 50.9 Å². The third kappa shape index (κ3) is 3.77. The Hall–Kier alpha value is -1.14. The van der Waals surface area contributed by atoms with E-state index in [9.17, 15) is 9.59 Å². The van der Waals surface area contributed by atoms with Crippen LogP contribution in [-0.4, -0.2) is 66.8 Å². The molecule has 1 aliphatic carbocycles. The highest BCUT2D eigenvalue weighted by molar-refractivity contribution is 5.81. The standard InChI is InChI=1S/C20H32N2O4/c23-18(21-10-2-1-3-11-21)16-4-6-17(7-5-16)19(24)22-12-8-20(9-13-22)25-14-15-26-20/h16-17H,1-15H2. The lowest BCUT2D eigenvalue weighted by molar-refractivity contribution is -0.188. The fourth-order valence-electron chi connectivity index (χ4n) is 5.07. The number of carbonyl (C=O) groups is 2. The van der Waals surface area contributed by atoms with Crippen LogP contribution in [0.5, 0.6) is 0 Å². The van der Waals surface area contributed by atoms with E-state index in [1.807, 2.05) is 4.90 Å². The maximum atomic E-state index is 12.9. The Bertz CT molecular complexity index is 508. The molecule has 0 unspecified atom stereocenters. The zero-order valence-corrected chi connectivity index (χ0v) is 15.8. The molecule has 3 heterocycles. The minimum absolute atomic E-state index is 0.0971. The fourth-order valence-corrected chi connectivity index (χ4v) is 5.07. The van der Waals surface area contributed by atoms with Gasteiger partial charge in [0.25, 0.3) is 0 Å². The summed E-state index contributed by atoms with van der Waals surface area (Å²) in [5.41, 5.74) is 0. The van der Waals surface area contributed by atoms with E-state index in [1.54, 1.807) is 0 Å². The lowest BCUT2D eigenvalue weighted by atomic mass is 9.80. The summed E-state index contributed by atoms with van der Waals surface area (Å²) in [4.78, 5) is 29.6. The van der Waals surface area contributed by atoms with Gasteiger partial charge in [-0.1, -0.05) is 0 Å². The maximum Gasteiger partial charge on any atom is 0.225 e. The highest BCUT2D eigenvalue weighted by Crippen LogP contribution is 2.35. The van der Waals surface area contributed by atoms with E-state index in [2.05, 4.69) is 4.90 Å². The number of nitrogens with zero attached hydrogens (tertiary/aromatic N) is 2. The van der Waals surface area contributed by atoms with Gasteiger partial charge >= 0.3 is 0 Å². The Labute approximate surface area is 156 Å². The summed E-state index contributed by atoms with van der Waals surface area (Å²) in [6.07, 6.45) is 8.55. The first-order valence-corrected chi connectivity index (χ1v) is 10.5. The van der Waals surface area contributed by atoms with Crippen LogP contribution in [0, 0.1) is 11.8 Å². The van der Waals surface area contributed by atoms with E-state index in [4.69, 9.17) is 9.47 Å². The molecule has 0 aromatic rings. The molecule has 146 valence electrons. The minimum Gasteiger partial charge on any atom is -0.347 e. The smallest absolute Gasteiger partial charge is 0.225 e. The summed E-state index contributed by atoms with van der Waals surface area (Å²) in [5, 5.41) is 0. The number of ether oxygens (including phenoxy) is 2. The number of piperidine rings is 2. The highest BCUT2D eigenvalue weighted by Gasteiger charge is 2.42. The van der Waals surface area contributed by atoms with Gasteiger partial charge in [0.05, 0.1) is 13.2 Å². The second-order valence-electron chi connectivity index (χ2n) is 8.37. The van der Waals surface area contributed by atoms with Crippen LogP contribution in [0.3, 0.4) is 0 Å². The van der Waals surface area contributed by atoms with Crippen molar-refractivity contribution >= 4 is 11.8 Å². The zero-order chi connectivity index (χ0) is 18.0. The summed E-state index contributed by atoms with van der Waals surface area (Å²) >= 11 is 0. The molecule has 4 fully saturated rings. The molecule has 2 amide bonds. The van der Waals surface area contributed by atoms with Crippen LogP contribution >= 0.6 is 0 Å². The summed E-state index contributed by atoms with van der Waals surface area (Å²) in [5.74, 6) is 0.435. The summed E-state index contributed by atoms with van der Waals surface area (Å²) in [6.45, 7) is 4.65. The molecule has 0 bridgehead atoms.